The van der Waals surface area contributed by atoms with E-state index in [9.17, 15) is 4.79 Å². The van der Waals surface area contributed by atoms with Crippen molar-refractivity contribution in [2.75, 3.05) is 13.1 Å². The molecule has 1 aliphatic heterocycles. The molecule has 0 aromatic carbocycles. The molecule has 110 valence electrons. The molecule has 2 aliphatic rings. The molecule has 4 nitrogen and oxygen atoms in total. The first-order chi connectivity index (χ1) is 9.20. The molecule has 4 heteroatoms. The summed E-state index contributed by atoms with van der Waals surface area (Å²) < 4.78 is 5.97. The van der Waals surface area contributed by atoms with Crippen molar-refractivity contribution in [2.45, 2.75) is 70.6 Å². The summed E-state index contributed by atoms with van der Waals surface area (Å²) in [7, 11) is 0. The Balaban J connectivity index is 1.81. The average molecular weight is 268 g/mol. The van der Waals surface area contributed by atoms with Gasteiger partial charge < -0.3 is 15.4 Å². The van der Waals surface area contributed by atoms with E-state index in [4.69, 9.17) is 4.74 Å². The molecule has 1 saturated heterocycles. The van der Waals surface area contributed by atoms with E-state index in [2.05, 4.69) is 17.6 Å². The Morgan fingerprint density at radius 3 is 2.74 bits per heavy atom. The summed E-state index contributed by atoms with van der Waals surface area (Å²) in [6.45, 7) is 6.21. The van der Waals surface area contributed by atoms with Gasteiger partial charge in [0.15, 0.2) is 0 Å². The minimum atomic E-state index is -0.259. The van der Waals surface area contributed by atoms with Gasteiger partial charge in [0, 0.05) is 6.04 Å². The molecule has 2 N–H and O–H groups in total. The Bertz CT molecular complexity index is 290. The zero-order valence-electron chi connectivity index (χ0n) is 12.3. The van der Waals surface area contributed by atoms with Crippen LogP contribution in [-0.4, -0.2) is 37.2 Å². The normalized spacial score (nSPS) is 30.2. The molecule has 0 radical (unpaired) electrons. The van der Waals surface area contributed by atoms with Gasteiger partial charge in [-0.25, -0.2) is 0 Å². The largest absolute Gasteiger partial charge is 0.365 e. The molecule has 0 aromatic rings. The van der Waals surface area contributed by atoms with Crippen LogP contribution in [0.4, 0.5) is 0 Å². The molecule has 19 heavy (non-hydrogen) atoms. The third kappa shape index (κ3) is 4.18. The first-order valence-electron chi connectivity index (χ1n) is 7.87. The second kappa shape index (κ2) is 7.25. The van der Waals surface area contributed by atoms with Crippen molar-refractivity contribution in [3.8, 4) is 0 Å². The number of carbonyl (C=O) groups is 1. The molecule has 0 bridgehead atoms. The molecule has 1 aliphatic carbocycles. The summed E-state index contributed by atoms with van der Waals surface area (Å²) in [4.78, 5) is 12.3. The van der Waals surface area contributed by atoms with Crippen LogP contribution in [0.2, 0.25) is 0 Å². The topological polar surface area (TPSA) is 50.4 Å². The van der Waals surface area contributed by atoms with E-state index in [0.717, 1.165) is 38.8 Å². The van der Waals surface area contributed by atoms with Crippen LogP contribution < -0.4 is 10.6 Å². The fourth-order valence-electron chi connectivity index (χ4n) is 3.10. The molecule has 2 fully saturated rings. The van der Waals surface area contributed by atoms with Crippen LogP contribution in [0.25, 0.3) is 0 Å². The van der Waals surface area contributed by atoms with E-state index in [1.165, 1.54) is 12.8 Å². The molecule has 1 heterocycles. The minimum absolute atomic E-state index is 0.0909. The number of nitrogens with one attached hydrogen (secondary N) is 2. The Kier molecular flexibility index (Phi) is 5.64. The van der Waals surface area contributed by atoms with E-state index in [0.29, 0.717) is 18.1 Å². The predicted molar refractivity (Wildman–Crippen MR) is 76.0 cm³/mol. The van der Waals surface area contributed by atoms with Gasteiger partial charge in [0.2, 0.25) is 5.91 Å². The van der Waals surface area contributed by atoms with Crippen molar-refractivity contribution < 1.29 is 9.53 Å². The van der Waals surface area contributed by atoms with Gasteiger partial charge in [-0.15, -0.1) is 0 Å². The summed E-state index contributed by atoms with van der Waals surface area (Å²) in [6.07, 6.45) is 6.56. The van der Waals surface area contributed by atoms with Gasteiger partial charge >= 0.3 is 0 Å². The van der Waals surface area contributed by atoms with Gasteiger partial charge in [-0.3, -0.25) is 4.79 Å². The van der Waals surface area contributed by atoms with E-state index < -0.39 is 0 Å². The quantitative estimate of drug-likeness (QED) is 0.800. The second-order valence-electron chi connectivity index (χ2n) is 6.02. The van der Waals surface area contributed by atoms with Crippen molar-refractivity contribution in [2.24, 2.45) is 5.92 Å². The number of rotatable bonds is 5. The standard InChI is InChI=1S/C15H28N2O2/c1-3-14(19-12-6-4-5-7-12)15(18)17-13-8-9-16-10-11(13)2/h11-14,16H,3-10H2,1-2H3,(H,17,18). The summed E-state index contributed by atoms with van der Waals surface area (Å²) in [5.74, 6) is 0.592. The number of carbonyl (C=O) groups excluding carboxylic acids is 1. The average Bonchev–Trinajstić information content (AvgIpc) is 2.91. The monoisotopic (exact) mass is 268 g/mol. The Morgan fingerprint density at radius 2 is 2.11 bits per heavy atom. The van der Waals surface area contributed by atoms with Crippen LogP contribution in [0.5, 0.6) is 0 Å². The molecular weight excluding hydrogens is 240 g/mol. The third-order valence-corrected chi connectivity index (χ3v) is 4.44. The van der Waals surface area contributed by atoms with E-state index >= 15 is 0 Å². The SMILES string of the molecule is CCC(OC1CCCC1)C(=O)NC1CCNCC1C. The maximum absolute atomic E-state index is 12.3. The van der Waals surface area contributed by atoms with E-state index in [1.807, 2.05) is 6.92 Å². The van der Waals surface area contributed by atoms with Crippen LogP contribution in [0.15, 0.2) is 0 Å². The van der Waals surface area contributed by atoms with Gasteiger partial charge in [0.1, 0.15) is 6.10 Å². The van der Waals surface area contributed by atoms with Crippen molar-refractivity contribution in [3.05, 3.63) is 0 Å². The summed E-state index contributed by atoms with van der Waals surface area (Å²) in [5.41, 5.74) is 0. The lowest BCUT2D eigenvalue weighted by molar-refractivity contribution is -0.138. The van der Waals surface area contributed by atoms with Crippen LogP contribution in [0.3, 0.4) is 0 Å². The van der Waals surface area contributed by atoms with Gasteiger partial charge in [-0.05, 0) is 44.7 Å². The van der Waals surface area contributed by atoms with Crippen LogP contribution >= 0.6 is 0 Å². The molecular formula is C15H28N2O2. The molecule has 1 amide bonds. The maximum atomic E-state index is 12.3. The molecule has 3 atom stereocenters. The highest BCUT2D eigenvalue weighted by Crippen LogP contribution is 2.23. The number of piperidine rings is 1. The Labute approximate surface area is 116 Å². The summed E-state index contributed by atoms with van der Waals surface area (Å²) in [6, 6.07) is 0.301. The van der Waals surface area contributed by atoms with Crippen LogP contribution in [0, 0.1) is 5.92 Å². The highest BCUT2D eigenvalue weighted by atomic mass is 16.5. The lowest BCUT2D eigenvalue weighted by atomic mass is 9.95. The fraction of sp³-hybridized carbons (Fsp3) is 0.933. The number of hydrogen-bond acceptors (Lipinski definition) is 3. The number of amides is 1. The summed E-state index contributed by atoms with van der Waals surface area (Å²) in [5, 5.41) is 6.55. The molecule has 0 spiro atoms. The van der Waals surface area contributed by atoms with Crippen molar-refractivity contribution >= 4 is 5.91 Å². The lowest BCUT2D eigenvalue weighted by Crippen LogP contribution is -2.51. The van der Waals surface area contributed by atoms with Crippen molar-refractivity contribution in [3.63, 3.8) is 0 Å². The second-order valence-corrected chi connectivity index (χ2v) is 6.02. The van der Waals surface area contributed by atoms with Gasteiger partial charge in [0.25, 0.3) is 0 Å². The third-order valence-electron chi connectivity index (χ3n) is 4.44. The molecule has 1 saturated carbocycles. The highest BCUT2D eigenvalue weighted by molar-refractivity contribution is 5.81. The first kappa shape index (κ1) is 14.8. The molecule has 2 rings (SSSR count). The van der Waals surface area contributed by atoms with E-state index in [-0.39, 0.29) is 12.0 Å². The summed E-state index contributed by atoms with van der Waals surface area (Å²) >= 11 is 0. The minimum Gasteiger partial charge on any atom is -0.365 e. The predicted octanol–water partition coefficient (Wildman–Crippen LogP) is 1.84. The van der Waals surface area contributed by atoms with Gasteiger partial charge in [0.05, 0.1) is 6.10 Å². The maximum Gasteiger partial charge on any atom is 0.249 e. The van der Waals surface area contributed by atoms with Crippen LogP contribution in [-0.2, 0) is 9.53 Å². The zero-order chi connectivity index (χ0) is 13.7. The zero-order valence-corrected chi connectivity index (χ0v) is 12.3. The number of ether oxygens (including phenoxy) is 1. The number of hydrogen-bond donors (Lipinski definition) is 2. The first-order valence-corrected chi connectivity index (χ1v) is 7.87. The molecule has 3 unspecified atom stereocenters. The van der Waals surface area contributed by atoms with E-state index in [1.54, 1.807) is 0 Å². The van der Waals surface area contributed by atoms with Crippen LogP contribution in [0.1, 0.15) is 52.4 Å². The Morgan fingerprint density at radius 1 is 1.37 bits per heavy atom. The van der Waals surface area contributed by atoms with Gasteiger partial charge in [-0.1, -0.05) is 26.7 Å². The van der Waals surface area contributed by atoms with Crippen molar-refractivity contribution in [1.82, 2.24) is 10.6 Å². The highest BCUT2D eigenvalue weighted by Gasteiger charge is 2.28. The lowest BCUT2D eigenvalue weighted by Gasteiger charge is -2.31. The fourth-order valence-corrected chi connectivity index (χ4v) is 3.10. The van der Waals surface area contributed by atoms with Crippen molar-refractivity contribution in [1.29, 1.82) is 0 Å². The van der Waals surface area contributed by atoms with Gasteiger partial charge in [-0.2, -0.15) is 0 Å². The Hall–Kier alpha value is -0.610. The molecule has 0 aromatic heterocycles. The smallest absolute Gasteiger partial charge is 0.249 e.